The Morgan fingerprint density at radius 1 is 1.20 bits per heavy atom. The Morgan fingerprint density at radius 2 is 2.07 bits per heavy atom. The highest BCUT2D eigenvalue weighted by molar-refractivity contribution is 7.14. The Morgan fingerprint density at radius 3 is 2.93 bits per heavy atom. The van der Waals surface area contributed by atoms with E-state index in [1.807, 2.05) is 10.0 Å². The molecule has 0 saturated carbocycles. The Hall–Kier alpha value is -1.01. The van der Waals surface area contributed by atoms with Crippen molar-refractivity contribution in [2.24, 2.45) is 0 Å². The SMILES string of the molecule is c1nn2c(CN3CCCCC3)nnc2s1. The first-order chi connectivity index (χ1) is 7.43. The quantitative estimate of drug-likeness (QED) is 0.766. The second-order valence-electron chi connectivity index (χ2n) is 3.89. The van der Waals surface area contributed by atoms with Gasteiger partial charge in [-0.05, 0) is 25.9 Å². The van der Waals surface area contributed by atoms with Gasteiger partial charge in [0.2, 0.25) is 4.96 Å². The summed E-state index contributed by atoms with van der Waals surface area (Å²) in [5.41, 5.74) is 1.81. The topological polar surface area (TPSA) is 46.3 Å². The summed E-state index contributed by atoms with van der Waals surface area (Å²) in [5, 5.41) is 12.5. The van der Waals surface area contributed by atoms with Crippen molar-refractivity contribution < 1.29 is 0 Å². The number of rotatable bonds is 2. The predicted molar refractivity (Wildman–Crippen MR) is 57.8 cm³/mol. The number of likely N-dealkylation sites (tertiary alicyclic amines) is 1. The summed E-state index contributed by atoms with van der Waals surface area (Å²) in [5.74, 6) is 0.966. The maximum absolute atomic E-state index is 4.23. The van der Waals surface area contributed by atoms with Gasteiger partial charge in [-0.1, -0.05) is 17.8 Å². The normalized spacial score (nSPS) is 18.7. The monoisotopic (exact) mass is 223 g/mol. The van der Waals surface area contributed by atoms with Crippen LogP contribution in [0, 0.1) is 0 Å². The van der Waals surface area contributed by atoms with Gasteiger partial charge in [0.05, 0.1) is 6.54 Å². The molecule has 5 nitrogen and oxygen atoms in total. The third kappa shape index (κ3) is 1.74. The molecule has 6 heteroatoms. The molecule has 0 aliphatic carbocycles. The minimum atomic E-state index is 0.880. The average molecular weight is 223 g/mol. The summed E-state index contributed by atoms with van der Waals surface area (Å²) in [7, 11) is 0. The molecule has 0 N–H and O–H groups in total. The molecule has 2 aromatic rings. The van der Waals surface area contributed by atoms with E-state index in [1.165, 1.54) is 43.7 Å². The number of piperidine rings is 1. The van der Waals surface area contributed by atoms with E-state index in [1.54, 1.807) is 0 Å². The van der Waals surface area contributed by atoms with Crippen LogP contribution in [0.15, 0.2) is 5.51 Å². The molecule has 3 rings (SSSR count). The molecule has 1 aliphatic heterocycles. The largest absolute Gasteiger partial charge is 0.296 e. The average Bonchev–Trinajstić information content (AvgIpc) is 2.85. The van der Waals surface area contributed by atoms with Crippen LogP contribution in [0.3, 0.4) is 0 Å². The summed E-state index contributed by atoms with van der Waals surface area (Å²) in [6, 6.07) is 0. The first-order valence-electron chi connectivity index (χ1n) is 5.29. The minimum absolute atomic E-state index is 0.880. The van der Waals surface area contributed by atoms with Crippen LogP contribution in [-0.2, 0) is 6.54 Å². The highest BCUT2D eigenvalue weighted by atomic mass is 32.1. The van der Waals surface area contributed by atoms with Crippen LogP contribution in [0.25, 0.3) is 4.96 Å². The van der Waals surface area contributed by atoms with Crippen molar-refractivity contribution in [2.75, 3.05) is 13.1 Å². The van der Waals surface area contributed by atoms with Gasteiger partial charge in [0.15, 0.2) is 5.82 Å². The molecule has 2 aromatic heterocycles. The van der Waals surface area contributed by atoms with Crippen LogP contribution in [0.1, 0.15) is 25.1 Å². The Bertz CT molecular complexity index is 442. The molecule has 1 fully saturated rings. The molecule has 0 amide bonds. The molecule has 0 unspecified atom stereocenters. The lowest BCUT2D eigenvalue weighted by Crippen LogP contribution is -2.30. The Labute approximate surface area is 91.7 Å². The van der Waals surface area contributed by atoms with E-state index in [2.05, 4.69) is 20.2 Å². The highest BCUT2D eigenvalue weighted by Crippen LogP contribution is 2.13. The van der Waals surface area contributed by atoms with Gasteiger partial charge >= 0.3 is 0 Å². The van der Waals surface area contributed by atoms with E-state index in [0.29, 0.717) is 0 Å². The number of hydrogen-bond acceptors (Lipinski definition) is 5. The molecule has 15 heavy (non-hydrogen) atoms. The van der Waals surface area contributed by atoms with Gasteiger partial charge < -0.3 is 0 Å². The van der Waals surface area contributed by atoms with E-state index in [4.69, 9.17) is 0 Å². The van der Waals surface area contributed by atoms with Crippen LogP contribution in [0.4, 0.5) is 0 Å². The first-order valence-corrected chi connectivity index (χ1v) is 6.17. The van der Waals surface area contributed by atoms with Gasteiger partial charge in [-0.2, -0.15) is 9.61 Å². The molecule has 0 aromatic carbocycles. The van der Waals surface area contributed by atoms with Crippen molar-refractivity contribution in [1.82, 2.24) is 24.7 Å². The molecule has 80 valence electrons. The van der Waals surface area contributed by atoms with E-state index in [0.717, 1.165) is 17.3 Å². The zero-order valence-electron chi connectivity index (χ0n) is 8.46. The van der Waals surface area contributed by atoms with Crippen molar-refractivity contribution in [2.45, 2.75) is 25.8 Å². The fourth-order valence-corrected chi connectivity index (χ4v) is 2.60. The summed E-state index contributed by atoms with van der Waals surface area (Å²) >= 11 is 1.53. The van der Waals surface area contributed by atoms with Crippen LogP contribution < -0.4 is 0 Å². The summed E-state index contributed by atoms with van der Waals surface area (Å²) < 4.78 is 1.85. The van der Waals surface area contributed by atoms with Crippen molar-refractivity contribution in [1.29, 1.82) is 0 Å². The summed E-state index contributed by atoms with van der Waals surface area (Å²) in [6.07, 6.45) is 3.97. The molecular weight excluding hydrogens is 210 g/mol. The lowest BCUT2D eigenvalue weighted by molar-refractivity contribution is 0.214. The van der Waals surface area contributed by atoms with E-state index < -0.39 is 0 Å². The zero-order valence-corrected chi connectivity index (χ0v) is 9.28. The van der Waals surface area contributed by atoms with Crippen molar-refractivity contribution >= 4 is 16.3 Å². The zero-order chi connectivity index (χ0) is 10.1. The minimum Gasteiger partial charge on any atom is -0.296 e. The van der Waals surface area contributed by atoms with Gasteiger partial charge in [0.1, 0.15) is 5.51 Å². The smallest absolute Gasteiger partial charge is 0.234 e. The Balaban J connectivity index is 1.79. The van der Waals surface area contributed by atoms with Gasteiger partial charge in [-0.3, -0.25) is 4.90 Å². The van der Waals surface area contributed by atoms with Gasteiger partial charge in [0, 0.05) is 0 Å². The van der Waals surface area contributed by atoms with Crippen LogP contribution in [0.5, 0.6) is 0 Å². The second kappa shape index (κ2) is 3.86. The van der Waals surface area contributed by atoms with Crippen molar-refractivity contribution in [3.05, 3.63) is 11.3 Å². The molecule has 3 heterocycles. The molecular formula is C9H13N5S. The van der Waals surface area contributed by atoms with E-state index in [9.17, 15) is 0 Å². The first kappa shape index (κ1) is 9.23. The fourth-order valence-electron chi connectivity index (χ4n) is 2.02. The summed E-state index contributed by atoms with van der Waals surface area (Å²) in [4.78, 5) is 3.32. The molecule has 1 saturated heterocycles. The molecule has 0 bridgehead atoms. The van der Waals surface area contributed by atoms with Crippen molar-refractivity contribution in [3.8, 4) is 0 Å². The number of aromatic nitrogens is 4. The Kier molecular flexibility index (Phi) is 2.38. The molecule has 0 radical (unpaired) electrons. The standard InChI is InChI=1S/C9H13N5S/c1-2-4-13(5-3-1)6-8-11-12-9-14(8)10-7-15-9/h7H,1-6H2. The fraction of sp³-hybridized carbons (Fsp3) is 0.667. The summed E-state index contributed by atoms with van der Waals surface area (Å²) in [6.45, 7) is 3.24. The van der Waals surface area contributed by atoms with Crippen LogP contribution >= 0.6 is 11.3 Å². The second-order valence-corrected chi connectivity index (χ2v) is 4.70. The third-order valence-corrected chi connectivity index (χ3v) is 3.48. The third-order valence-electron chi connectivity index (χ3n) is 2.81. The van der Waals surface area contributed by atoms with Crippen LogP contribution in [-0.4, -0.2) is 37.8 Å². The maximum Gasteiger partial charge on any atom is 0.234 e. The lowest BCUT2D eigenvalue weighted by Gasteiger charge is -2.25. The number of nitrogens with zero attached hydrogens (tertiary/aromatic N) is 5. The number of hydrogen-bond donors (Lipinski definition) is 0. The van der Waals surface area contributed by atoms with Crippen molar-refractivity contribution in [3.63, 3.8) is 0 Å². The lowest BCUT2D eigenvalue weighted by atomic mass is 10.1. The maximum atomic E-state index is 4.23. The van der Waals surface area contributed by atoms with Gasteiger partial charge in [-0.25, -0.2) is 0 Å². The van der Waals surface area contributed by atoms with E-state index >= 15 is 0 Å². The van der Waals surface area contributed by atoms with Gasteiger partial charge in [-0.15, -0.1) is 10.2 Å². The number of fused-ring (bicyclic) bond motifs is 1. The van der Waals surface area contributed by atoms with Gasteiger partial charge in [0.25, 0.3) is 0 Å². The van der Waals surface area contributed by atoms with Crippen LogP contribution in [0.2, 0.25) is 0 Å². The highest BCUT2D eigenvalue weighted by Gasteiger charge is 2.14. The van der Waals surface area contributed by atoms with E-state index in [-0.39, 0.29) is 0 Å². The molecule has 0 spiro atoms. The molecule has 1 aliphatic rings. The predicted octanol–water partition coefficient (Wildman–Crippen LogP) is 1.17. The molecule has 0 atom stereocenters.